The first-order valence-corrected chi connectivity index (χ1v) is 5.05. The number of nitrogens with one attached hydrogen (secondary N) is 1. The number of carboxylic acids is 1. The minimum absolute atomic E-state index is 0.322. The number of aliphatic carboxylic acids is 1. The van der Waals surface area contributed by atoms with E-state index in [1.54, 1.807) is 0 Å². The van der Waals surface area contributed by atoms with Crippen LogP contribution in [0, 0.1) is 0 Å². The summed E-state index contributed by atoms with van der Waals surface area (Å²) in [7, 11) is 0. The fourth-order valence-corrected chi connectivity index (χ4v) is 1.48. The molecule has 0 bridgehead atoms. The van der Waals surface area contributed by atoms with Crippen LogP contribution in [0.25, 0.3) is 0 Å². The zero-order valence-electron chi connectivity index (χ0n) is 8.68. The quantitative estimate of drug-likeness (QED) is 0.824. The standard InChI is InChI=1S/C9H7ClF3NO4/c10-3-5-8(18-9(11,12)13)4(2-7(16)17)1-6(15)14-5/h1H,2-3H2,(H,14,15)(H,16,17). The summed E-state index contributed by atoms with van der Waals surface area (Å²) < 4.78 is 40.2. The van der Waals surface area contributed by atoms with Gasteiger partial charge in [0, 0.05) is 11.6 Å². The summed E-state index contributed by atoms with van der Waals surface area (Å²) in [6.07, 6.45) is -5.79. The highest BCUT2D eigenvalue weighted by atomic mass is 35.5. The first-order chi connectivity index (χ1) is 8.23. The van der Waals surface area contributed by atoms with E-state index in [1.165, 1.54) is 0 Å². The average molecular weight is 286 g/mol. The van der Waals surface area contributed by atoms with E-state index in [0.717, 1.165) is 6.07 Å². The lowest BCUT2D eigenvalue weighted by molar-refractivity contribution is -0.275. The van der Waals surface area contributed by atoms with Crippen molar-refractivity contribution in [2.75, 3.05) is 0 Å². The third-order valence-electron chi connectivity index (χ3n) is 1.84. The Balaban J connectivity index is 3.32. The van der Waals surface area contributed by atoms with Crippen LogP contribution >= 0.6 is 11.6 Å². The van der Waals surface area contributed by atoms with Gasteiger partial charge in [0.2, 0.25) is 5.56 Å². The lowest BCUT2D eigenvalue weighted by atomic mass is 10.1. The number of H-pyrrole nitrogens is 1. The first kappa shape index (κ1) is 14.4. The molecule has 0 saturated heterocycles. The van der Waals surface area contributed by atoms with Crippen molar-refractivity contribution >= 4 is 17.6 Å². The monoisotopic (exact) mass is 285 g/mol. The number of carboxylic acid groups (broad SMARTS) is 1. The number of aromatic amines is 1. The van der Waals surface area contributed by atoms with Crippen LogP contribution in [-0.2, 0) is 17.1 Å². The smallest absolute Gasteiger partial charge is 0.481 e. The van der Waals surface area contributed by atoms with Gasteiger partial charge in [0.25, 0.3) is 0 Å². The summed E-state index contributed by atoms with van der Waals surface area (Å²) in [6, 6.07) is 0.727. The SMILES string of the molecule is O=C(O)Cc1cc(=O)[nH]c(CCl)c1OC(F)(F)F. The van der Waals surface area contributed by atoms with Gasteiger partial charge in [-0.05, 0) is 0 Å². The van der Waals surface area contributed by atoms with E-state index in [2.05, 4.69) is 9.72 Å². The van der Waals surface area contributed by atoms with E-state index in [-0.39, 0.29) is 11.3 Å². The molecule has 1 rings (SSSR count). The Kier molecular flexibility index (Phi) is 4.23. The summed E-state index contributed by atoms with van der Waals surface area (Å²) in [5.41, 5.74) is -1.46. The maximum atomic E-state index is 12.2. The van der Waals surface area contributed by atoms with E-state index in [1.807, 2.05) is 0 Å². The number of aromatic nitrogens is 1. The molecule has 0 spiro atoms. The van der Waals surface area contributed by atoms with Gasteiger partial charge in [-0.25, -0.2) is 0 Å². The van der Waals surface area contributed by atoms with Crippen molar-refractivity contribution in [1.82, 2.24) is 4.98 Å². The third-order valence-corrected chi connectivity index (χ3v) is 2.11. The summed E-state index contributed by atoms with van der Waals surface area (Å²) in [5.74, 6) is -2.62. The minimum Gasteiger partial charge on any atom is -0.481 e. The van der Waals surface area contributed by atoms with Crippen LogP contribution in [0.3, 0.4) is 0 Å². The van der Waals surface area contributed by atoms with Crippen LogP contribution in [0.1, 0.15) is 11.3 Å². The molecular weight excluding hydrogens is 279 g/mol. The molecule has 0 atom stereocenters. The van der Waals surface area contributed by atoms with Crippen LogP contribution in [0.5, 0.6) is 5.75 Å². The summed E-state index contributed by atoms with van der Waals surface area (Å²) in [5, 5.41) is 8.56. The molecule has 0 fully saturated rings. The first-order valence-electron chi connectivity index (χ1n) is 4.51. The van der Waals surface area contributed by atoms with Crippen LogP contribution in [0.4, 0.5) is 13.2 Å². The van der Waals surface area contributed by atoms with E-state index in [0.29, 0.717) is 0 Å². The predicted octanol–water partition coefficient (Wildman–Crippen LogP) is 1.64. The Morgan fingerprint density at radius 2 is 2.11 bits per heavy atom. The molecule has 0 amide bonds. The van der Waals surface area contributed by atoms with Gasteiger partial charge in [0.05, 0.1) is 18.0 Å². The van der Waals surface area contributed by atoms with Gasteiger partial charge in [0.1, 0.15) is 0 Å². The number of pyridine rings is 1. The summed E-state index contributed by atoms with van der Waals surface area (Å²) >= 11 is 5.38. The van der Waals surface area contributed by atoms with Crippen LogP contribution in [-0.4, -0.2) is 22.4 Å². The molecule has 1 aromatic rings. The predicted molar refractivity (Wildman–Crippen MR) is 54.6 cm³/mol. The number of halogens is 4. The Bertz CT molecular complexity index is 512. The minimum atomic E-state index is -5.01. The summed E-state index contributed by atoms with van der Waals surface area (Å²) in [4.78, 5) is 23.7. The van der Waals surface area contributed by atoms with E-state index in [4.69, 9.17) is 16.7 Å². The van der Waals surface area contributed by atoms with Gasteiger partial charge in [-0.3, -0.25) is 9.59 Å². The Morgan fingerprint density at radius 3 is 2.56 bits per heavy atom. The molecule has 0 aliphatic rings. The van der Waals surface area contributed by atoms with Crippen molar-refractivity contribution in [2.24, 2.45) is 0 Å². The number of carbonyl (C=O) groups is 1. The fraction of sp³-hybridized carbons (Fsp3) is 0.333. The third kappa shape index (κ3) is 3.95. The molecule has 5 nitrogen and oxygen atoms in total. The van der Waals surface area contributed by atoms with Crippen molar-refractivity contribution < 1.29 is 27.8 Å². The lowest BCUT2D eigenvalue weighted by Gasteiger charge is -2.14. The van der Waals surface area contributed by atoms with Crippen LogP contribution in [0.2, 0.25) is 0 Å². The molecule has 0 aromatic carbocycles. The highest BCUT2D eigenvalue weighted by Gasteiger charge is 2.33. The fourth-order valence-electron chi connectivity index (χ4n) is 1.29. The average Bonchev–Trinajstić information content (AvgIpc) is 2.19. The normalized spacial score (nSPS) is 11.3. The van der Waals surface area contributed by atoms with Gasteiger partial charge in [-0.1, -0.05) is 0 Å². The molecule has 18 heavy (non-hydrogen) atoms. The molecule has 0 aliphatic carbocycles. The molecule has 0 radical (unpaired) electrons. The zero-order chi connectivity index (χ0) is 13.9. The van der Waals surface area contributed by atoms with Crippen LogP contribution < -0.4 is 10.3 Å². The van der Waals surface area contributed by atoms with Crippen LogP contribution in [0.15, 0.2) is 10.9 Å². The Morgan fingerprint density at radius 1 is 1.50 bits per heavy atom. The van der Waals surface area contributed by atoms with Crippen molar-refractivity contribution in [3.8, 4) is 5.75 Å². The van der Waals surface area contributed by atoms with Gasteiger partial charge in [0.15, 0.2) is 5.75 Å². The molecule has 9 heteroatoms. The van der Waals surface area contributed by atoms with E-state index < -0.39 is 35.9 Å². The maximum absolute atomic E-state index is 12.2. The van der Waals surface area contributed by atoms with E-state index in [9.17, 15) is 22.8 Å². The molecule has 1 heterocycles. The van der Waals surface area contributed by atoms with E-state index >= 15 is 0 Å². The van der Waals surface area contributed by atoms with Gasteiger partial charge in [-0.15, -0.1) is 24.8 Å². The molecule has 100 valence electrons. The van der Waals surface area contributed by atoms with Gasteiger partial charge >= 0.3 is 12.3 Å². The highest BCUT2D eigenvalue weighted by molar-refractivity contribution is 6.17. The molecule has 0 unspecified atom stereocenters. The van der Waals surface area contributed by atoms with Crippen molar-refractivity contribution in [1.29, 1.82) is 0 Å². The Hall–Kier alpha value is -1.70. The van der Waals surface area contributed by atoms with Crippen molar-refractivity contribution in [3.05, 3.63) is 27.7 Å². The number of hydrogen-bond donors (Lipinski definition) is 2. The molecule has 1 aromatic heterocycles. The number of hydrogen-bond acceptors (Lipinski definition) is 3. The maximum Gasteiger partial charge on any atom is 0.573 e. The number of ether oxygens (including phenoxy) is 1. The largest absolute Gasteiger partial charge is 0.573 e. The second kappa shape index (κ2) is 5.30. The highest BCUT2D eigenvalue weighted by Crippen LogP contribution is 2.29. The summed E-state index contributed by atoms with van der Waals surface area (Å²) in [6.45, 7) is 0. The van der Waals surface area contributed by atoms with Gasteiger partial charge < -0.3 is 14.8 Å². The molecule has 0 aliphatic heterocycles. The Labute approximate surface area is 103 Å². The van der Waals surface area contributed by atoms with Gasteiger partial charge in [-0.2, -0.15) is 0 Å². The molecule has 2 N–H and O–H groups in total. The number of rotatable bonds is 4. The number of alkyl halides is 4. The second-order valence-electron chi connectivity index (χ2n) is 3.22. The molecule has 0 saturated carbocycles. The molecular formula is C9H7ClF3NO4. The topological polar surface area (TPSA) is 79.4 Å². The second-order valence-corrected chi connectivity index (χ2v) is 3.49. The lowest BCUT2D eigenvalue weighted by Crippen LogP contribution is -2.22. The zero-order valence-corrected chi connectivity index (χ0v) is 9.43. The van der Waals surface area contributed by atoms with Crippen molar-refractivity contribution in [2.45, 2.75) is 18.7 Å². The van der Waals surface area contributed by atoms with Crippen molar-refractivity contribution in [3.63, 3.8) is 0 Å².